The SMILES string of the molecule is CCC(Sc1nc2c(cc1C#N)CCCC2)C(=O)Nc1nc(-c2ccccc2)cs1. The van der Waals surface area contributed by atoms with Crippen LogP contribution in [-0.4, -0.2) is 21.1 Å². The van der Waals surface area contributed by atoms with Crippen molar-refractivity contribution in [2.75, 3.05) is 5.32 Å². The molecule has 7 heteroatoms. The molecule has 1 aliphatic carbocycles. The summed E-state index contributed by atoms with van der Waals surface area (Å²) >= 11 is 2.79. The lowest BCUT2D eigenvalue weighted by Crippen LogP contribution is -2.25. The van der Waals surface area contributed by atoms with Crippen LogP contribution in [-0.2, 0) is 17.6 Å². The predicted molar refractivity (Wildman–Crippen MR) is 122 cm³/mol. The quantitative estimate of drug-likeness (QED) is 0.521. The first-order valence-corrected chi connectivity index (χ1v) is 11.8. The zero-order valence-electron chi connectivity index (χ0n) is 16.7. The van der Waals surface area contributed by atoms with Gasteiger partial charge in [-0.3, -0.25) is 4.79 Å². The van der Waals surface area contributed by atoms with Crippen molar-refractivity contribution in [1.82, 2.24) is 9.97 Å². The van der Waals surface area contributed by atoms with Gasteiger partial charge in [0.05, 0.1) is 16.5 Å². The molecule has 1 aromatic carbocycles. The van der Waals surface area contributed by atoms with E-state index in [-0.39, 0.29) is 11.2 Å². The molecule has 0 fully saturated rings. The molecule has 1 N–H and O–H groups in total. The highest BCUT2D eigenvalue weighted by atomic mass is 32.2. The number of anilines is 1. The van der Waals surface area contributed by atoms with Gasteiger partial charge in [-0.25, -0.2) is 9.97 Å². The van der Waals surface area contributed by atoms with Crippen molar-refractivity contribution in [1.29, 1.82) is 5.26 Å². The second kappa shape index (κ2) is 9.41. The van der Waals surface area contributed by atoms with E-state index in [1.165, 1.54) is 28.7 Å². The third-order valence-corrected chi connectivity index (χ3v) is 7.23. The largest absolute Gasteiger partial charge is 0.301 e. The summed E-state index contributed by atoms with van der Waals surface area (Å²) in [5.41, 5.74) is 4.68. The number of hydrogen-bond acceptors (Lipinski definition) is 6. The molecule has 0 saturated heterocycles. The Morgan fingerprint density at radius 1 is 1.27 bits per heavy atom. The lowest BCUT2D eigenvalue weighted by atomic mass is 9.95. The van der Waals surface area contributed by atoms with Crippen LogP contribution in [0.25, 0.3) is 11.3 Å². The van der Waals surface area contributed by atoms with Crippen LogP contribution in [0.5, 0.6) is 0 Å². The van der Waals surface area contributed by atoms with Gasteiger partial charge in [-0.05, 0) is 43.7 Å². The zero-order valence-corrected chi connectivity index (χ0v) is 18.4. The minimum atomic E-state index is -0.338. The highest BCUT2D eigenvalue weighted by molar-refractivity contribution is 8.00. The summed E-state index contributed by atoms with van der Waals surface area (Å²) in [6.07, 6.45) is 4.83. The number of thiazole rings is 1. The van der Waals surface area contributed by atoms with Crippen LogP contribution in [0.1, 0.15) is 43.0 Å². The summed E-state index contributed by atoms with van der Waals surface area (Å²) in [5, 5.41) is 15.4. The molecular formula is C23H22N4OS2. The number of benzene rings is 1. The number of pyridine rings is 1. The van der Waals surface area contributed by atoms with Crippen LogP contribution in [0.3, 0.4) is 0 Å². The van der Waals surface area contributed by atoms with E-state index >= 15 is 0 Å². The molecule has 1 aliphatic rings. The Balaban J connectivity index is 1.49. The Bertz CT molecular complexity index is 1090. The normalized spacial score (nSPS) is 13.9. The molecule has 1 atom stereocenters. The van der Waals surface area contributed by atoms with Crippen molar-refractivity contribution in [2.24, 2.45) is 0 Å². The number of thioether (sulfide) groups is 1. The lowest BCUT2D eigenvalue weighted by Gasteiger charge is -2.18. The Hall–Kier alpha value is -2.69. The maximum absolute atomic E-state index is 12.9. The molecule has 152 valence electrons. The molecule has 1 unspecified atom stereocenters. The van der Waals surface area contributed by atoms with Gasteiger partial charge in [0.15, 0.2) is 5.13 Å². The van der Waals surface area contributed by atoms with Crippen molar-refractivity contribution in [3.05, 3.63) is 58.6 Å². The summed E-state index contributed by atoms with van der Waals surface area (Å²) in [5.74, 6) is -0.111. The zero-order chi connectivity index (χ0) is 20.9. The molecule has 0 aliphatic heterocycles. The molecule has 0 bridgehead atoms. The third kappa shape index (κ3) is 4.55. The Morgan fingerprint density at radius 3 is 2.83 bits per heavy atom. The van der Waals surface area contributed by atoms with Gasteiger partial charge in [-0.2, -0.15) is 5.26 Å². The average Bonchev–Trinajstić information content (AvgIpc) is 3.25. The highest BCUT2D eigenvalue weighted by Gasteiger charge is 2.23. The molecule has 5 nitrogen and oxygen atoms in total. The maximum atomic E-state index is 12.9. The van der Waals surface area contributed by atoms with E-state index in [0.717, 1.165) is 42.6 Å². The van der Waals surface area contributed by atoms with Crippen LogP contribution in [0.15, 0.2) is 46.8 Å². The van der Waals surface area contributed by atoms with E-state index in [1.807, 2.05) is 48.7 Å². The summed E-state index contributed by atoms with van der Waals surface area (Å²) < 4.78 is 0. The number of amides is 1. The number of rotatable bonds is 6. The third-order valence-electron chi connectivity index (χ3n) is 5.11. The minimum Gasteiger partial charge on any atom is -0.301 e. The summed E-state index contributed by atoms with van der Waals surface area (Å²) in [4.78, 5) is 22.2. The van der Waals surface area contributed by atoms with Gasteiger partial charge in [-0.15, -0.1) is 11.3 Å². The first kappa shape index (κ1) is 20.6. The van der Waals surface area contributed by atoms with Crippen LogP contribution >= 0.6 is 23.1 Å². The van der Waals surface area contributed by atoms with Gasteiger partial charge in [0.25, 0.3) is 0 Å². The second-order valence-electron chi connectivity index (χ2n) is 7.17. The molecular weight excluding hydrogens is 412 g/mol. The molecule has 0 radical (unpaired) electrons. The Kier molecular flexibility index (Phi) is 6.46. The van der Waals surface area contributed by atoms with Crippen molar-refractivity contribution >= 4 is 34.1 Å². The molecule has 0 saturated carbocycles. The molecule has 1 amide bonds. The lowest BCUT2D eigenvalue weighted by molar-refractivity contribution is -0.115. The summed E-state index contributed by atoms with van der Waals surface area (Å²) in [6, 6.07) is 14.1. The fourth-order valence-electron chi connectivity index (χ4n) is 3.50. The van der Waals surface area contributed by atoms with E-state index in [9.17, 15) is 10.1 Å². The number of aryl methyl sites for hydroxylation is 2. The number of nitrogens with zero attached hydrogens (tertiary/aromatic N) is 3. The fraction of sp³-hybridized carbons (Fsp3) is 0.304. The number of fused-ring (bicyclic) bond motifs is 1. The fourth-order valence-corrected chi connectivity index (χ4v) is 5.22. The van der Waals surface area contributed by atoms with Gasteiger partial charge in [0.1, 0.15) is 11.1 Å². The number of hydrogen-bond donors (Lipinski definition) is 1. The number of nitrogens with one attached hydrogen (secondary N) is 1. The second-order valence-corrected chi connectivity index (χ2v) is 9.22. The molecule has 4 rings (SSSR count). The van der Waals surface area contributed by atoms with Crippen molar-refractivity contribution in [3.63, 3.8) is 0 Å². The van der Waals surface area contributed by atoms with Gasteiger partial charge in [0, 0.05) is 16.6 Å². The Labute approximate surface area is 184 Å². The van der Waals surface area contributed by atoms with Gasteiger partial charge in [-0.1, -0.05) is 49.0 Å². The molecule has 2 aromatic heterocycles. The standard InChI is InChI=1S/C23H22N4OS2/c1-2-20(30-22-17(13-24)12-16-10-6-7-11-18(16)25-22)21(28)27-23-26-19(14-29-23)15-8-4-3-5-9-15/h3-5,8-9,12,14,20H,2,6-7,10-11H2,1H3,(H,26,27,28). The summed E-state index contributed by atoms with van der Waals surface area (Å²) in [7, 11) is 0. The van der Waals surface area contributed by atoms with Gasteiger partial charge < -0.3 is 5.32 Å². The molecule has 2 heterocycles. The van der Waals surface area contributed by atoms with Gasteiger partial charge in [0.2, 0.25) is 5.91 Å². The Morgan fingerprint density at radius 2 is 2.07 bits per heavy atom. The van der Waals surface area contributed by atoms with E-state index in [1.54, 1.807) is 0 Å². The summed E-state index contributed by atoms with van der Waals surface area (Å²) in [6.45, 7) is 1.97. The predicted octanol–water partition coefficient (Wildman–Crippen LogP) is 5.46. The van der Waals surface area contributed by atoms with E-state index in [2.05, 4.69) is 16.4 Å². The van der Waals surface area contributed by atoms with Crippen molar-refractivity contribution < 1.29 is 4.79 Å². The topological polar surface area (TPSA) is 78.7 Å². The first-order chi connectivity index (χ1) is 14.7. The first-order valence-electron chi connectivity index (χ1n) is 10.1. The van der Waals surface area contributed by atoms with Crippen molar-refractivity contribution in [3.8, 4) is 17.3 Å². The maximum Gasteiger partial charge on any atom is 0.239 e. The number of aromatic nitrogens is 2. The number of carbonyl (C=O) groups is 1. The van der Waals surface area contributed by atoms with Crippen LogP contribution < -0.4 is 5.32 Å². The highest BCUT2D eigenvalue weighted by Crippen LogP contribution is 2.32. The molecule has 0 spiro atoms. The van der Waals surface area contributed by atoms with Crippen LogP contribution in [0.2, 0.25) is 0 Å². The minimum absolute atomic E-state index is 0.111. The van der Waals surface area contributed by atoms with Gasteiger partial charge >= 0.3 is 0 Å². The molecule has 3 aromatic rings. The van der Waals surface area contributed by atoms with Crippen LogP contribution in [0, 0.1) is 11.3 Å². The smallest absolute Gasteiger partial charge is 0.239 e. The van der Waals surface area contributed by atoms with E-state index in [4.69, 9.17) is 4.98 Å². The molecule has 30 heavy (non-hydrogen) atoms. The number of carbonyl (C=O) groups excluding carboxylic acids is 1. The van der Waals surface area contributed by atoms with E-state index in [0.29, 0.717) is 22.1 Å². The van der Waals surface area contributed by atoms with Crippen molar-refractivity contribution in [2.45, 2.75) is 49.3 Å². The van der Waals surface area contributed by atoms with Crippen LogP contribution in [0.4, 0.5) is 5.13 Å². The van der Waals surface area contributed by atoms with E-state index < -0.39 is 0 Å². The monoisotopic (exact) mass is 434 g/mol. The number of nitriles is 1. The average molecular weight is 435 g/mol.